The molecule has 0 spiro atoms. The second kappa shape index (κ2) is 12.2. The van der Waals surface area contributed by atoms with Crippen molar-refractivity contribution in [3.63, 3.8) is 0 Å². The quantitative estimate of drug-likeness (QED) is 0.170. The minimum absolute atomic E-state index is 1.05. The first-order chi connectivity index (χ1) is 29.2. The molecule has 0 saturated heterocycles. The molecule has 0 unspecified atom stereocenters. The van der Waals surface area contributed by atoms with Crippen LogP contribution < -0.4 is 0 Å². The van der Waals surface area contributed by atoms with Gasteiger partial charge in [0.15, 0.2) is 0 Å². The van der Waals surface area contributed by atoms with Crippen LogP contribution in [0.2, 0.25) is 0 Å². The summed E-state index contributed by atoms with van der Waals surface area (Å²) >= 11 is 0. The maximum absolute atomic E-state index is 2.49. The molecule has 4 aromatic heterocycles. The largest absolute Gasteiger partial charge is 0.310 e. The SMILES string of the molecule is Cc1cc(-n2c3ccccc3c3cc4c5ccccc5n(C5=CCCC=C5)c4cc32)cc(-n2c3ccccc3c3cc4c5ccccc5n(-c5ccccc5)c4cc32)c1. The van der Waals surface area contributed by atoms with Crippen LogP contribution in [-0.4, -0.2) is 18.3 Å². The Kier molecular flexibility index (Phi) is 6.74. The van der Waals surface area contributed by atoms with E-state index in [1.807, 2.05) is 0 Å². The minimum Gasteiger partial charge on any atom is -0.310 e. The molecule has 0 atom stereocenters. The Bertz CT molecular complexity index is 3790. The van der Waals surface area contributed by atoms with Crippen LogP contribution in [0.3, 0.4) is 0 Å². The smallest absolute Gasteiger partial charge is 0.0562 e. The highest BCUT2D eigenvalue weighted by Crippen LogP contribution is 2.43. The summed E-state index contributed by atoms with van der Waals surface area (Å²) in [5.74, 6) is 0. The molecule has 4 heterocycles. The average Bonchev–Trinajstić information content (AvgIpc) is 3.99. The standard InChI is InChI=1S/C55H38N4/c1-35-28-38(58-50-26-14-10-22-42(50)46-31-44-40-20-8-12-24-48(40)56(52(44)33-54(46)58)36-16-4-2-5-17-36)30-39(29-35)59-51-27-15-11-23-43(51)47-32-45-41-21-9-13-25-49(41)57(53(45)34-55(47)59)37-18-6-3-7-19-37/h2,4-6,8-34H,3,7H2,1H3. The van der Waals surface area contributed by atoms with E-state index < -0.39 is 0 Å². The number of benzene rings is 8. The zero-order valence-electron chi connectivity index (χ0n) is 32.6. The van der Waals surface area contributed by atoms with Crippen LogP contribution >= 0.6 is 0 Å². The van der Waals surface area contributed by atoms with Gasteiger partial charge in [0, 0.05) is 65.8 Å². The third-order valence-corrected chi connectivity index (χ3v) is 12.7. The molecule has 0 N–H and O–H groups in total. The van der Waals surface area contributed by atoms with E-state index in [1.54, 1.807) is 0 Å². The summed E-state index contributed by atoms with van der Waals surface area (Å²) in [6.45, 7) is 2.23. The van der Waals surface area contributed by atoms with Crippen LogP contribution in [0.25, 0.3) is 110 Å². The van der Waals surface area contributed by atoms with Gasteiger partial charge in [-0.05, 0) is 110 Å². The first-order valence-corrected chi connectivity index (χ1v) is 20.7. The summed E-state index contributed by atoms with van der Waals surface area (Å²) in [6.07, 6.45) is 9.12. The van der Waals surface area contributed by atoms with Gasteiger partial charge in [0.05, 0.1) is 44.1 Å². The van der Waals surface area contributed by atoms with Crippen LogP contribution in [0.5, 0.6) is 0 Å². The average molecular weight is 755 g/mol. The van der Waals surface area contributed by atoms with Gasteiger partial charge in [0.1, 0.15) is 0 Å². The molecule has 1 aliphatic rings. The molecule has 12 aromatic rings. The zero-order chi connectivity index (χ0) is 38.8. The summed E-state index contributed by atoms with van der Waals surface area (Å²) in [6, 6.07) is 63.1. The van der Waals surface area contributed by atoms with Crippen molar-refractivity contribution in [2.24, 2.45) is 0 Å². The Balaban J connectivity index is 1.11. The lowest BCUT2D eigenvalue weighted by atomic mass is 10.1. The van der Waals surface area contributed by atoms with Crippen molar-refractivity contribution in [3.8, 4) is 17.1 Å². The van der Waals surface area contributed by atoms with Crippen molar-refractivity contribution in [1.29, 1.82) is 0 Å². The van der Waals surface area contributed by atoms with Crippen molar-refractivity contribution in [2.75, 3.05) is 0 Å². The molecule has 1 aliphatic carbocycles. The Morgan fingerprint density at radius 1 is 0.322 bits per heavy atom. The predicted octanol–water partition coefficient (Wildman–Crippen LogP) is 14.6. The van der Waals surface area contributed by atoms with Gasteiger partial charge in [-0.1, -0.05) is 103 Å². The molecular formula is C55H38N4. The number of allylic oxidation sites excluding steroid dienone is 4. The van der Waals surface area contributed by atoms with Gasteiger partial charge in [-0.3, -0.25) is 0 Å². The monoisotopic (exact) mass is 754 g/mol. The topological polar surface area (TPSA) is 19.7 Å². The third kappa shape index (κ3) is 4.60. The van der Waals surface area contributed by atoms with Crippen LogP contribution in [0.1, 0.15) is 18.4 Å². The van der Waals surface area contributed by atoms with Crippen molar-refractivity contribution in [1.82, 2.24) is 18.3 Å². The summed E-state index contributed by atoms with van der Waals surface area (Å²) in [5.41, 5.74) is 15.6. The molecule has 0 radical (unpaired) electrons. The summed E-state index contributed by atoms with van der Waals surface area (Å²) in [7, 11) is 0. The maximum Gasteiger partial charge on any atom is 0.0562 e. The van der Waals surface area contributed by atoms with Crippen molar-refractivity contribution in [2.45, 2.75) is 19.8 Å². The first kappa shape index (κ1) is 32.5. The summed E-state index contributed by atoms with van der Waals surface area (Å²) in [4.78, 5) is 0. The highest BCUT2D eigenvalue weighted by atomic mass is 15.0. The number of rotatable bonds is 4. The van der Waals surface area contributed by atoms with E-state index >= 15 is 0 Å². The van der Waals surface area contributed by atoms with Crippen molar-refractivity contribution < 1.29 is 0 Å². The lowest BCUT2D eigenvalue weighted by Crippen LogP contribution is -2.01. The number of aryl methyl sites for hydroxylation is 1. The molecule has 4 nitrogen and oxygen atoms in total. The van der Waals surface area contributed by atoms with E-state index in [9.17, 15) is 0 Å². The van der Waals surface area contributed by atoms with Crippen LogP contribution in [0, 0.1) is 6.92 Å². The number of fused-ring (bicyclic) bond motifs is 12. The van der Waals surface area contributed by atoms with Gasteiger partial charge >= 0.3 is 0 Å². The van der Waals surface area contributed by atoms with Gasteiger partial charge in [0.2, 0.25) is 0 Å². The predicted molar refractivity (Wildman–Crippen MR) is 250 cm³/mol. The molecule has 8 aromatic carbocycles. The Hall–Kier alpha value is -7.56. The Morgan fingerprint density at radius 3 is 1.19 bits per heavy atom. The lowest BCUT2D eigenvalue weighted by Gasteiger charge is -2.15. The fraction of sp³-hybridized carbons (Fsp3) is 0.0545. The second-order valence-corrected chi connectivity index (χ2v) is 16.2. The number of hydrogen-bond acceptors (Lipinski definition) is 0. The van der Waals surface area contributed by atoms with Crippen LogP contribution in [0.15, 0.2) is 188 Å². The van der Waals surface area contributed by atoms with Crippen molar-refractivity contribution >= 4 is 92.9 Å². The second-order valence-electron chi connectivity index (χ2n) is 16.2. The lowest BCUT2D eigenvalue weighted by molar-refractivity contribution is 1.02. The minimum atomic E-state index is 1.05. The number of hydrogen-bond donors (Lipinski definition) is 0. The number of nitrogens with zero attached hydrogens (tertiary/aromatic N) is 4. The molecule has 0 saturated carbocycles. The van der Waals surface area contributed by atoms with Crippen LogP contribution in [0.4, 0.5) is 0 Å². The number of para-hydroxylation sites is 5. The summed E-state index contributed by atoms with van der Waals surface area (Å²) < 4.78 is 9.87. The van der Waals surface area contributed by atoms with Gasteiger partial charge < -0.3 is 18.3 Å². The van der Waals surface area contributed by atoms with E-state index in [2.05, 4.69) is 213 Å². The van der Waals surface area contributed by atoms with Crippen LogP contribution in [-0.2, 0) is 0 Å². The molecule has 0 aliphatic heterocycles. The maximum atomic E-state index is 2.49. The highest BCUT2D eigenvalue weighted by molar-refractivity contribution is 6.21. The molecular weight excluding hydrogens is 717 g/mol. The van der Waals surface area contributed by atoms with E-state index in [0.717, 1.165) is 29.9 Å². The Labute approximate surface area is 340 Å². The molecule has 278 valence electrons. The summed E-state index contributed by atoms with van der Waals surface area (Å²) in [5, 5.41) is 10.1. The normalized spacial score (nSPS) is 13.4. The fourth-order valence-electron chi connectivity index (χ4n) is 10.3. The molecule has 0 bridgehead atoms. The number of aromatic nitrogens is 4. The molecule has 0 amide bonds. The molecule has 4 heteroatoms. The van der Waals surface area contributed by atoms with E-state index in [4.69, 9.17) is 0 Å². The third-order valence-electron chi connectivity index (χ3n) is 12.7. The zero-order valence-corrected chi connectivity index (χ0v) is 32.6. The van der Waals surface area contributed by atoms with E-state index in [0.29, 0.717) is 0 Å². The van der Waals surface area contributed by atoms with Gasteiger partial charge in [-0.15, -0.1) is 0 Å². The molecule has 0 fully saturated rings. The van der Waals surface area contributed by atoms with E-state index in [1.165, 1.54) is 98.5 Å². The first-order valence-electron chi connectivity index (χ1n) is 20.7. The van der Waals surface area contributed by atoms with Crippen molar-refractivity contribution in [3.05, 3.63) is 194 Å². The van der Waals surface area contributed by atoms with Gasteiger partial charge in [-0.25, -0.2) is 0 Å². The molecule has 59 heavy (non-hydrogen) atoms. The highest BCUT2D eigenvalue weighted by Gasteiger charge is 2.22. The Morgan fingerprint density at radius 2 is 0.729 bits per heavy atom. The van der Waals surface area contributed by atoms with Gasteiger partial charge in [-0.2, -0.15) is 0 Å². The van der Waals surface area contributed by atoms with Gasteiger partial charge in [0.25, 0.3) is 0 Å². The fourth-order valence-corrected chi connectivity index (χ4v) is 10.3. The molecule has 13 rings (SSSR count). The van der Waals surface area contributed by atoms with E-state index in [-0.39, 0.29) is 0 Å².